The summed E-state index contributed by atoms with van der Waals surface area (Å²) in [7, 11) is 0. The number of carbonyl (C=O) groups is 1. The Morgan fingerprint density at radius 3 is 3.17 bits per heavy atom. The lowest BCUT2D eigenvalue weighted by atomic mass is 10.1. The van der Waals surface area contributed by atoms with Crippen LogP contribution in [0.15, 0.2) is 41.3 Å². The lowest BCUT2D eigenvalue weighted by Gasteiger charge is -2.32. The molecule has 23 heavy (non-hydrogen) atoms. The van der Waals surface area contributed by atoms with Crippen molar-refractivity contribution in [2.75, 3.05) is 26.2 Å². The average molecular weight is 315 g/mol. The number of aryl methyl sites for hydroxylation is 1. The fourth-order valence-corrected chi connectivity index (χ4v) is 2.68. The minimum atomic E-state index is -0.188. The Morgan fingerprint density at radius 2 is 2.39 bits per heavy atom. The highest BCUT2D eigenvalue weighted by atomic mass is 16.5. The monoisotopic (exact) mass is 315 g/mol. The van der Waals surface area contributed by atoms with E-state index in [0.717, 1.165) is 17.7 Å². The molecule has 1 saturated heterocycles. The summed E-state index contributed by atoms with van der Waals surface area (Å²) >= 11 is 0. The molecule has 3 heterocycles. The molecule has 1 atom stereocenters. The molecule has 0 aliphatic carbocycles. The van der Waals surface area contributed by atoms with Gasteiger partial charge in [0.2, 0.25) is 0 Å². The van der Waals surface area contributed by atoms with Gasteiger partial charge >= 0.3 is 6.03 Å². The molecule has 2 aromatic heterocycles. The first-order valence-electron chi connectivity index (χ1n) is 7.81. The molecule has 6 nitrogen and oxygen atoms in total. The zero-order valence-electron chi connectivity index (χ0n) is 13.2. The van der Waals surface area contributed by atoms with Crippen molar-refractivity contribution in [2.24, 2.45) is 0 Å². The van der Waals surface area contributed by atoms with Crippen LogP contribution in [0.25, 0.3) is 0 Å². The van der Waals surface area contributed by atoms with Gasteiger partial charge in [-0.1, -0.05) is 0 Å². The summed E-state index contributed by atoms with van der Waals surface area (Å²) in [6.07, 6.45) is 5.85. The van der Waals surface area contributed by atoms with Gasteiger partial charge in [-0.15, -0.1) is 0 Å². The molecule has 1 aliphatic heterocycles. The molecule has 1 N–H and O–H groups in total. The third-order valence-electron chi connectivity index (χ3n) is 4.02. The number of hydrogen-bond donors (Lipinski definition) is 1. The number of nitrogens with zero attached hydrogens (tertiary/aromatic N) is 2. The molecule has 0 saturated carbocycles. The first-order valence-corrected chi connectivity index (χ1v) is 7.81. The van der Waals surface area contributed by atoms with Crippen molar-refractivity contribution >= 4 is 6.03 Å². The second-order valence-electron chi connectivity index (χ2n) is 5.60. The van der Waals surface area contributed by atoms with Gasteiger partial charge in [0, 0.05) is 25.5 Å². The molecule has 122 valence electrons. The zero-order valence-corrected chi connectivity index (χ0v) is 13.2. The van der Waals surface area contributed by atoms with Gasteiger partial charge in [0.1, 0.15) is 11.9 Å². The first-order chi connectivity index (χ1) is 11.2. The Labute approximate surface area is 135 Å². The highest BCUT2D eigenvalue weighted by molar-refractivity contribution is 5.74. The molecule has 0 radical (unpaired) electrons. The number of urea groups is 1. The normalized spacial score (nSPS) is 18.0. The number of hydrogen-bond acceptors (Lipinski definition) is 4. The molecule has 2 aromatic rings. The van der Waals surface area contributed by atoms with Gasteiger partial charge in [0.15, 0.2) is 0 Å². The Kier molecular flexibility index (Phi) is 4.92. The molecular weight excluding hydrogens is 294 g/mol. The number of carbonyl (C=O) groups excluding carboxylic acids is 1. The molecule has 2 amide bonds. The van der Waals surface area contributed by atoms with Gasteiger partial charge in [-0.05, 0) is 42.7 Å². The van der Waals surface area contributed by atoms with E-state index in [1.165, 1.54) is 5.56 Å². The quantitative estimate of drug-likeness (QED) is 0.940. The molecule has 1 fully saturated rings. The number of morpholine rings is 1. The first kappa shape index (κ1) is 15.6. The minimum Gasteiger partial charge on any atom is -0.467 e. The largest absolute Gasteiger partial charge is 0.467 e. The predicted octanol–water partition coefficient (Wildman–Crippen LogP) is 2.31. The molecule has 0 aromatic carbocycles. The Hall–Kier alpha value is -2.34. The zero-order chi connectivity index (χ0) is 16.1. The van der Waals surface area contributed by atoms with E-state index in [1.54, 1.807) is 17.4 Å². The van der Waals surface area contributed by atoms with Crippen molar-refractivity contribution in [3.8, 4) is 0 Å². The number of amides is 2. The maximum absolute atomic E-state index is 12.3. The molecule has 6 heteroatoms. The van der Waals surface area contributed by atoms with Crippen LogP contribution in [-0.2, 0) is 11.2 Å². The van der Waals surface area contributed by atoms with Crippen molar-refractivity contribution < 1.29 is 13.9 Å². The minimum absolute atomic E-state index is 0.0587. The van der Waals surface area contributed by atoms with E-state index in [1.807, 2.05) is 31.3 Å². The van der Waals surface area contributed by atoms with Crippen LogP contribution in [0, 0.1) is 6.92 Å². The van der Waals surface area contributed by atoms with Crippen molar-refractivity contribution in [1.29, 1.82) is 0 Å². The van der Waals surface area contributed by atoms with Crippen LogP contribution in [0.2, 0.25) is 0 Å². The average Bonchev–Trinajstić information content (AvgIpc) is 3.11. The standard InChI is InChI=1S/C17H21N3O3/c1-13-11-18-6-4-14(13)5-7-19-17(21)20-8-10-23-16(12-20)15-3-2-9-22-15/h2-4,6,9,11,16H,5,7-8,10,12H2,1H3,(H,19,21). The van der Waals surface area contributed by atoms with Gasteiger partial charge in [-0.3, -0.25) is 4.98 Å². The second-order valence-corrected chi connectivity index (χ2v) is 5.60. The van der Waals surface area contributed by atoms with E-state index in [9.17, 15) is 4.79 Å². The molecular formula is C17H21N3O3. The Morgan fingerprint density at radius 1 is 1.48 bits per heavy atom. The number of furan rings is 1. The number of aromatic nitrogens is 1. The van der Waals surface area contributed by atoms with Crippen molar-refractivity contribution in [1.82, 2.24) is 15.2 Å². The Bertz CT molecular complexity index is 642. The van der Waals surface area contributed by atoms with Gasteiger partial charge in [0.25, 0.3) is 0 Å². The van der Waals surface area contributed by atoms with E-state index < -0.39 is 0 Å². The summed E-state index contributed by atoms with van der Waals surface area (Å²) in [5, 5.41) is 2.97. The van der Waals surface area contributed by atoms with Crippen LogP contribution in [0.5, 0.6) is 0 Å². The number of nitrogens with one attached hydrogen (secondary N) is 1. The van der Waals surface area contributed by atoms with E-state index in [0.29, 0.717) is 26.2 Å². The van der Waals surface area contributed by atoms with Crippen LogP contribution < -0.4 is 5.32 Å². The van der Waals surface area contributed by atoms with Crippen LogP contribution in [-0.4, -0.2) is 42.2 Å². The lowest BCUT2D eigenvalue weighted by molar-refractivity contribution is -0.0260. The summed E-state index contributed by atoms with van der Waals surface area (Å²) in [5.41, 5.74) is 2.35. The second kappa shape index (κ2) is 7.28. The molecule has 0 bridgehead atoms. The predicted molar refractivity (Wildman–Crippen MR) is 85.1 cm³/mol. The molecule has 1 unspecified atom stereocenters. The van der Waals surface area contributed by atoms with E-state index in [4.69, 9.17) is 9.15 Å². The highest BCUT2D eigenvalue weighted by Gasteiger charge is 2.26. The Balaban J connectivity index is 1.49. The van der Waals surface area contributed by atoms with E-state index >= 15 is 0 Å². The smallest absolute Gasteiger partial charge is 0.317 e. The van der Waals surface area contributed by atoms with Gasteiger partial charge in [0.05, 0.1) is 19.4 Å². The number of ether oxygens (including phenoxy) is 1. The molecule has 0 spiro atoms. The third kappa shape index (κ3) is 3.90. The van der Waals surface area contributed by atoms with Gasteiger partial charge in [-0.25, -0.2) is 4.79 Å². The fourth-order valence-electron chi connectivity index (χ4n) is 2.68. The van der Waals surface area contributed by atoms with Crippen LogP contribution in [0.3, 0.4) is 0 Å². The summed E-state index contributed by atoms with van der Waals surface area (Å²) in [5.74, 6) is 0.759. The summed E-state index contributed by atoms with van der Waals surface area (Å²) in [4.78, 5) is 18.2. The highest BCUT2D eigenvalue weighted by Crippen LogP contribution is 2.22. The van der Waals surface area contributed by atoms with Gasteiger partial charge in [-0.2, -0.15) is 0 Å². The van der Waals surface area contributed by atoms with E-state index in [-0.39, 0.29) is 12.1 Å². The van der Waals surface area contributed by atoms with E-state index in [2.05, 4.69) is 10.3 Å². The number of rotatable bonds is 4. The maximum Gasteiger partial charge on any atom is 0.317 e. The SMILES string of the molecule is Cc1cnccc1CCNC(=O)N1CCOC(c2ccco2)C1. The fraction of sp³-hybridized carbons (Fsp3) is 0.412. The van der Waals surface area contributed by atoms with Crippen molar-refractivity contribution in [3.63, 3.8) is 0 Å². The van der Waals surface area contributed by atoms with Crippen LogP contribution in [0.1, 0.15) is 23.0 Å². The maximum atomic E-state index is 12.3. The summed E-state index contributed by atoms with van der Waals surface area (Å²) in [6.45, 7) is 4.25. The third-order valence-corrected chi connectivity index (χ3v) is 4.02. The van der Waals surface area contributed by atoms with Crippen molar-refractivity contribution in [3.05, 3.63) is 53.7 Å². The topological polar surface area (TPSA) is 67.6 Å². The summed E-state index contributed by atoms with van der Waals surface area (Å²) < 4.78 is 11.0. The lowest BCUT2D eigenvalue weighted by Crippen LogP contribution is -2.47. The number of pyridine rings is 1. The van der Waals surface area contributed by atoms with Crippen molar-refractivity contribution in [2.45, 2.75) is 19.4 Å². The molecule has 3 rings (SSSR count). The molecule has 1 aliphatic rings. The summed E-state index contributed by atoms with van der Waals surface area (Å²) in [6, 6.07) is 5.63. The van der Waals surface area contributed by atoms with Crippen LogP contribution >= 0.6 is 0 Å². The van der Waals surface area contributed by atoms with Crippen LogP contribution in [0.4, 0.5) is 4.79 Å². The van der Waals surface area contributed by atoms with Gasteiger partial charge < -0.3 is 19.4 Å².